The lowest BCUT2D eigenvalue weighted by molar-refractivity contribution is 0.262. The molecule has 138 valence electrons. The van der Waals surface area contributed by atoms with Gasteiger partial charge in [-0.2, -0.15) is 0 Å². The number of nitrogens with one attached hydrogen (secondary N) is 2. The van der Waals surface area contributed by atoms with Gasteiger partial charge in [-0.1, -0.05) is 29.8 Å². The minimum atomic E-state index is -0.318. The number of halogens is 1. The minimum absolute atomic E-state index is 0.318. The molecule has 2 amide bonds. The normalized spacial score (nSPS) is 10.3. The highest BCUT2D eigenvalue weighted by molar-refractivity contribution is 6.30. The molecule has 0 bridgehead atoms. The van der Waals surface area contributed by atoms with E-state index in [2.05, 4.69) is 22.5 Å². The summed E-state index contributed by atoms with van der Waals surface area (Å²) >= 11 is 5.86. The first kappa shape index (κ1) is 18.7. The predicted octanol–water partition coefficient (Wildman–Crippen LogP) is 5.50. The van der Waals surface area contributed by atoms with Gasteiger partial charge >= 0.3 is 6.03 Å². The van der Waals surface area contributed by atoms with E-state index >= 15 is 0 Å². The Kier molecular flexibility index (Phi) is 5.94. The standard InChI is InChI=1S/C21H21ClN4O/c1-3-26(2)20-9-5-8-19(25-20)15-6-4-7-18(14-15)24-21(27)23-17-12-10-16(22)11-13-17/h4-14H,3H2,1-2H3,(H2,23,24,27). The topological polar surface area (TPSA) is 57.3 Å². The number of hydrogen-bond acceptors (Lipinski definition) is 3. The molecule has 1 heterocycles. The van der Waals surface area contributed by atoms with Crippen LogP contribution >= 0.6 is 11.6 Å². The van der Waals surface area contributed by atoms with Crippen LogP contribution < -0.4 is 15.5 Å². The molecular formula is C21H21ClN4O. The van der Waals surface area contributed by atoms with Crippen molar-refractivity contribution in [3.05, 3.63) is 71.8 Å². The third-order valence-electron chi connectivity index (χ3n) is 4.12. The molecule has 27 heavy (non-hydrogen) atoms. The number of aromatic nitrogens is 1. The molecule has 0 spiro atoms. The van der Waals surface area contributed by atoms with Gasteiger partial charge in [0.1, 0.15) is 5.82 Å². The molecule has 0 atom stereocenters. The maximum absolute atomic E-state index is 12.2. The van der Waals surface area contributed by atoms with Crippen LogP contribution in [0.3, 0.4) is 0 Å². The summed E-state index contributed by atoms with van der Waals surface area (Å²) in [4.78, 5) is 19.0. The van der Waals surface area contributed by atoms with Gasteiger partial charge in [-0.15, -0.1) is 0 Å². The summed E-state index contributed by atoms with van der Waals surface area (Å²) in [5.41, 5.74) is 3.15. The lowest BCUT2D eigenvalue weighted by atomic mass is 10.1. The van der Waals surface area contributed by atoms with Gasteiger partial charge in [0.25, 0.3) is 0 Å². The highest BCUT2D eigenvalue weighted by Gasteiger charge is 2.07. The highest BCUT2D eigenvalue weighted by Crippen LogP contribution is 2.23. The number of carbonyl (C=O) groups is 1. The zero-order chi connectivity index (χ0) is 19.2. The largest absolute Gasteiger partial charge is 0.360 e. The van der Waals surface area contributed by atoms with E-state index in [-0.39, 0.29) is 6.03 Å². The SMILES string of the molecule is CCN(C)c1cccc(-c2cccc(NC(=O)Nc3ccc(Cl)cc3)c2)n1. The van der Waals surface area contributed by atoms with Gasteiger partial charge in [0.2, 0.25) is 0 Å². The third kappa shape index (κ3) is 4.99. The number of hydrogen-bond donors (Lipinski definition) is 2. The molecule has 5 nitrogen and oxygen atoms in total. The van der Waals surface area contributed by atoms with Crippen molar-refractivity contribution in [3.63, 3.8) is 0 Å². The number of urea groups is 1. The van der Waals surface area contributed by atoms with Crippen LogP contribution in [0.5, 0.6) is 0 Å². The van der Waals surface area contributed by atoms with E-state index < -0.39 is 0 Å². The summed E-state index contributed by atoms with van der Waals surface area (Å²) in [6.45, 7) is 2.96. The van der Waals surface area contributed by atoms with Crippen molar-refractivity contribution in [2.75, 3.05) is 29.1 Å². The number of rotatable bonds is 5. The average molecular weight is 381 g/mol. The van der Waals surface area contributed by atoms with Crippen LogP contribution in [0.15, 0.2) is 66.7 Å². The number of nitrogens with zero attached hydrogens (tertiary/aromatic N) is 2. The maximum atomic E-state index is 12.2. The molecule has 0 saturated heterocycles. The number of pyridine rings is 1. The van der Waals surface area contributed by atoms with Crippen LogP contribution in [0, 0.1) is 0 Å². The van der Waals surface area contributed by atoms with Crippen molar-refractivity contribution < 1.29 is 4.79 Å². The maximum Gasteiger partial charge on any atom is 0.323 e. The summed E-state index contributed by atoms with van der Waals surface area (Å²) in [7, 11) is 2.01. The van der Waals surface area contributed by atoms with Crippen LogP contribution in [-0.4, -0.2) is 24.6 Å². The Morgan fingerprint density at radius 1 is 1.00 bits per heavy atom. The molecule has 6 heteroatoms. The van der Waals surface area contributed by atoms with Gasteiger partial charge in [-0.3, -0.25) is 0 Å². The summed E-state index contributed by atoms with van der Waals surface area (Å²) < 4.78 is 0. The van der Waals surface area contributed by atoms with Crippen molar-refractivity contribution in [2.45, 2.75) is 6.92 Å². The fourth-order valence-corrected chi connectivity index (χ4v) is 2.67. The molecule has 0 aliphatic heterocycles. The first-order valence-electron chi connectivity index (χ1n) is 8.67. The third-order valence-corrected chi connectivity index (χ3v) is 4.37. The second kappa shape index (κ2) is 8.56. The Labute approximate surface area is 164 Å². The molecule has 3 aromatic rings. The molecule has 0 saturated carbocycles. The van der Waals surface area contributed by atoms with Crippen molar-refractivity contribution in [2.24, 2.45) is 0 Å². The first-order valence-corrected chi connectivity index (χ1v) is 9.05. The van der Waals surface area contributed by atoms with E-state index in [1.165, 1.54) is 0 Å². The molecule has 0 fully saturated rings. The van der Waals surface area contributed by atoms with Crippen LogP contribution in [0.2, 0.25) is 5.02 Å². The molecular weight excluding hydrogens is 360 g/mol. The van der Waals surface area contributed by atoms with Gasteiger partial charge in [-0.25, -0.2) is 9.78 Å². The van der Waals surface area contributed by atoms with E-state index in [0.717, 1.165) is 23.6 Å². The van der Waals surface area contributed by atoms with E-state index in [1.807, 2.05) is 49.5 Å². The van der Waals surface area contributed by atoms with Crippen LogP contribution in [0.4, 0.5) is 22.0 Å². The molecule has 2 aromatic carbocycles. The molecule has 3 rings (SSSR count). The fourth-order valence-electron chi connectivity index (χ4n) is 2.54. The van der Waals surface area contributed by atoms with Crippen molar-refractivity contribution >= 4 is 34.8 Å². The quantitative estimate of drug-likeness (QED) is 0.614. The zero-order valence-electron chi connectivity index (χ0n) is 15.2. The number of benzene rings is 2. The van der Waals surface area contributed by atoms with E-state index in [4.69, 9.17) is 16.6 Å². The second-order valence-corrected chi connectivity index (χ2v) is 6.50. The molecule has 0 unspecified atom stereocenters. The Morgan fingerprint density at radius 2 is 1.70 bits per heavy atom. The molecule has 0 aliphatic rings. The van der Waals surface area contributed by atoms with Gasteiger partial charge < -0.3 is 15.5 Å². The summed E-state index contributed by atoms with van der Waals surface area (Å²) in [5, 5.41) is 6.24. The lowest BCUT2D eigenvalue weighted by Gasteiger charge is -2.16. The van der Waals surface area contributed by atoms with Crippen molar-refractivity contribution in [3.8, 4) is 11.3 Å². The van der Waals surface area contributed by atoms with E-state index in [9.17, 15) is 4.79 Å². The second-order valence-electron chi connectivity index (χ2n) is 6.06. The Bertz CT molecular complexity index is 927. The van der Waals surface area contributed by atoms with Crippen LogP contribution in [-0.2, 0) is 0 Å². The van der Waals surface area contributed by atoms with Crippen molar-refractivity contribution in [1.29, 1.82) is 0 Å². The lowest BCUT2D eigenvalue weighted by Crippen LogP contribution is -2.19. The predicted molar refractivity (Wildman–Crippen MR) is 113 cm³/mol. The molecule has 2 N–H and O–H groups in total. The smallest absolute Gasteiger partial charge is 0.323 e. The first-order chi connectivity index (χ1) is 13.0. The number of anilines is 3. The monoisotopic (exact) mass is 380 g/mol. The summed E-state index contributed by atoms with van der Waals surface area (Å²) in [6.07, 6.45) is 0. The Morgan fingerprint density at radius 3 is 2.44 bits per heavy atom. The zero-order valence-corrected chi connectivity index (χ0v) is 16.0. The molecule has 0 aliphatic carbocycles. The fraction of sp³-hybridized carbons (Fsp3) is 0.143. The van der Waals surface area contributed by atoms with Crippen LogP contribution in [0.1, 0.15) is 6.92 Å². The van der Waals surface area contributed by atoms with Gasteiger partial charge in [0.05, 0.1) is 5.69 Å². The Hall–Kier alpha value is -3.05. The van der Waals surface area contributed by atoms with Gasteiger partial charge in [0, 0.05) is 35.6 Å². The van der Waals surface area contributed by atoms with Gasteiger partial charge in [-0.05, 0) is 55.5 Å². The molecule has 1 aromatic heterocycles. The minimum Gasteiger partial charge on any atom is -0.360 e. The molecule has 0 radical (unpaired) electrons. The highest BCUT2D eigenvalue weighted by atomic mass is 35.5. The van der Waals surface area contributed by atoms with Crippen molar-refractivity contribution in [1.82, 2.24) is 4.98 Å². The van der Waals surface area contributed by atoms with Crippen LogP contribution in [0.25, 0.3) is 11.3 Å². The van der Waals surface area contributed by atoms with E-state index in [0.29, 0.717) is 16.4 Å². The van der Waals surface area contributed by atoms with E-state index in [1.54, 1.807) is 24.3 Å². The van der Waals surface area contributed by atoms with Gasteiger partial charge in [0.15, 0.2) is 0 Å². The summed E-state index contributed by atoms with van der Waals surface area (Å²) in [5.74, 6) is 0.911. The summed E-state index contributed by atoms with van der Waals surface area (Å²) in [6, 6.07) is 20.2. The number of carbonyl (C=O) groups excluding carboxylic acids is 1. The number of amides is 2. The Balaban J connectivity index is 1.73. The average Bonchev–Trinajstić information content (AvgIpc) is 2.69.